The number of methoxy groups -OCH3 is 2. The van der Waals surface area contributed by atoms with E-state index in [-0.39, 0.29) is 0 Å². The number of ether oxygens (including phenoxy) is 2. The minimum absolute atomic E-state index is 0.324. The fraction of sp³-hybridized carbons (Fsp3) is 0.111. The second-order valence-electron chi connectivity index (χ2n) is 7.89. The van der Waals surface area contributed by atoms with Crippen LogP contribution in [0.3, 0.4) is 0 Å². The molecule has 0 radical (unpaired) electrons. The van der Waals surface area contributed by atoms with Gasteiger partial charge < -0.3 is 19.4 Å². The lowest BCUT2D eigenvalue weighted by molar-refractivity contribution is 0.0587. The zero-order chi connectivity index (χ0) is 23.8. The van der Waals surface area contributed by atoms with Gasteiger partial charge in [0.05, 0.1) is 14.2 Å². The van der Waals surface area contributed by atoms with Gasteiger partial charge in [0, 0.05) is 43.9 Å². The molecule has 0 saturated carbocycles. The van der Waals surface area contributed by atoms with Crippen LogP contribution in [0.2, 0.25) is 5.02 Å². The van der Waals surface area contributed by atoms with Crippen LogP contribution in [0.25, 0.3) is 21.8 Å². The van der Waals surface area contributed by atoms with Gasteiger partial charge >= 0.3 is 11.9 Å². The Kier molecular flexibility index (Phi) is 5.59. The number of esters is 2. The molecular weight excluding hydrogens is 452 g/mol. The number of fused-ring (bicyclic) bond motifs is 2. The highest BCUT2D eigenvalue weighted by Gasteiger charge is 2.33. The molecule has 2 aromatic heterocycles. The predicted molar refractivity (Wildman–Crippen MR) is 132 cm³/mol. The van der Waals surface area contributed by atoms with E-state index in [1.807, 2.05) is 60.7 Å². The maximum Gasteiger partial charge on any atom is 0.354 e. The van der Waals surface area contributed by atoms with Crippen LogP contribution < -0.4 is 0 Å². The van der Waals surface area contributed by atoms with Crippen LogP contribution in [0.1, 0.15) is 43.6 Å². The highest BCUT2D eigenvalue weighted by Crippen LogP contribution is 2.43. The van der Waals surface area contributed by atoms with E-state index >= 15 is 0 Å². The SMILES string of the molecule is COC(=O)c1[nH]c2ccccc2c1C(c1ccc(Cl)cc1)c1c(C(=O)OC)[nH]c2ccccc12. The van der Waals surface area contributed by atoms with E-state index in [9.17, 15) is 9.59 Å². The Bertz CT molecular complexity index is 1440. The summed E-state index contributed by atoms with van der Waals surface area (Å²) in [5, 5.41) is 2.29. The summed E-state index contributed by atoms with van der Waals surface area (Å²) in [4.78, 5) is 32.3. The summed E-state index contributed by atoms with van der Waals surface area (Å²) in [7, 11) is 2.70. The van der Waals surface area contributed by atoms with Gasteiger partial charge in [-0.25, -0.2) is 9.59 Å². The first kappa shape index (κ1) is 21.8. The third-order valence-electron chi connectivity index (χ3n) is 6.05. The Hall–Kier alpha value is -4.03. The van der Waals surface area contributed by atoms with E-state index in [1.165, 1.54) is 14.2 Å². The van der Waals surface area contributed by atoms with E-state index in [0.29, 0.717) is 27.5 Å². The van der Waals surface area contributed by atoms with Gasteiger partial charge in [0.15, 0.2) is 0 Å². The summed E-state index contributed by atoms with van der Waals surface area (Å²) in [5.74, 6) is -1.50. The molecule has 0 atom stereocenters. The molecule has 6 nitrogen and oxygen atoms in total. The van der Waals surface area contributed by atoms with Crippen molar-refractivity contribution in [3.8, 4) is 0 Å². The maximum absolute atomic E-state index is 12.9. The summed E-state index contributed by atoms with van der Waals surface area (Å²) in [6, 6.07) is 22.7. The number of hydrogen-bond acceptors (Lipinski definition) is 4. The lowest BCUT2D eigenvalue weighted by Gasteiger charge is -2.20. The van der Waals surface area contributed by atoms with E-state index in [2.05, 4.69) is 9.97 Å². The first-order valence-corrected chi connectivity index (χ1v) is 11.0. The topological polar surface area (TPSA) is 84.2 Å². The van der Waals surface area contributed by atoms with Gasteiger partial charge in [-0.3, -0.25) is 0 Å². The highest BCUT2D eigenvalue weighted by atomic mass is 35.5. The molecule has 7 heteroatoms. The Morgan fingerprint density at radius 2 is 1.15 bits per heavy atom. The molecule has 0 unspecified atom stereocenters. The zero-order valence-electron chi connectivity index (χ0n) is 18.5. The van der Waals surface area contributed by atoms with Crippen LogP contribution in [-0.2, 0) is 9.47 Å². The molecule has 0 aliphatic rings. The quantitative estimate of drug-likeness (QED) is 0.305. The molecule has 0 amide bonds. The van der Waals surface area contributed by atoms with Crippen LogP contribution >= 0.6 is 11.6 Å². The number of benzene rings is 3. The van der Waals surface area contributed by atoms with Gasteiger partial charge in [-0.15, -0.1) is 0 Å². The highest BCUT2D eigenvalue weighted by molar-refractivity contribution is 6.30. The largest absolute Gasteiger partial charge is 0.464 e. The van der Waals surface area contributed by atoms with Crippen LogP contribution in [-0.4, -0.2) is 36.1 Å². The molecule has 5 rings (SSSR count). The van der Waals surface area contributed by atoms with Gasteiger partial charge in [0.25, 0.3) is 0 Å². The molecule has 3 aromatic carbocycles. The summed E-state index contributed by atoms with van der Waals surface area (Å²) >= 11 is 6.20. The Morgan fingerprint density at radius 3 is 1.59 bits per heavy atom. The standard InChI is InChI=1S/C27H21ClN2O4/c1-33-26(31)24-22(17-7-3-5-9-19(17)29-24)21(15-11-13-16(28)14-12-15)23-18-8-4-6-10-20(18)30-25(23)27(32)34-2/h3-14,21,29-30H,1-2H3. The Balaban J connectivity index is 1.93. The molecule has 34 heavy (non-hydrogen) atoms. The van der Waals surface area contributed by atoms with Crippen LogP contribution in [0, 0.1) is 0 Å². The van der Waals surface area contributed by atoms with Gasteiger partial charge in [-0.05, 0) is 29.8 Å². The molecule has 170 valence electrons. The molecule has 0 spiro atoms. The predicted octanol–water partition coefficient (Wildman–Crippen LogP) is 6.06. The fourth-order valence-corrected chi connectivity index (χ4v) is 4.71. The smallest absolute Gasteiger partial charge is 0.354 e. The third-order valence-corrected chi connectivity index (χ3v) is 6.30. The number of carbonyl (C=O) groups is 2. The van der Waals surface area contributed by atoms with Crippen LogP contribution in [0.5, 0.6) is 0 Å². The second-order valence-corrected chi connectivity index (χ2v) is 8.32. The molecule has 0 aliphatic heterocycles. The van der Waals surface area contributed by atoms with Gasteiger partial charge in [0.2, 0.25) is 0 Å². The van der Waals surface area contributed by atoms with Crippen molar-refractivity contribution in [1.82, 2.24) is 9.97 Å². The first-order valence-electron chi connectivity index (χ1n) is 10.7. The van der Waals surface area contributed by atoms with Crippen molar-refractivity contribution >= 4 is 45.3 Å². The number of H-pyrrole nitrogens is 2. The van der Waals surface area contributed by atoms with Gasteiger partial charge in [-0.2, -0.15) is 0 Å². The Morgan fingerprint density at radius 1 is 0.706 bits per heavy atom. The number of halogens is 1. The van der Waals surface area contributed by atoms with E-state index in [1.54, 1.807) is 12.1 Å². The number of carbonyl (C=O) groups excluding carboxylic acids is 2. The number of hydrogen-bond donors (Lipinski definition) is 2. The summed E-state index contributed by atoms with van der Waals surface area (Å²) in [6.07, 6.45) is 0. The lowest BCUT2D eigenvalue weighted by Crippen LogP contribution is -2.14. The first-order chi connectivity index (χ1) is 16.5. The van der Waals surface area contributed by atoms with Crippen molar-refractivity contribution in [3.05, 3.63) is 106 Å². The average Bonchev–Trinajstić information content (AvgIpc) is 3.44. The van der Waals surface area contributed by atoms with E-state index in [4.69, 9.17) is 21.1 Å². The monoisotopic (exact) mass is 472 g/mol. The number of aromatic amines is 2. The fourth-order valence-electron chi connectivity index (χ4n) is 4.59. The molecule has 2 heterocycles. The summed E-state index contributed by atoms with van der Waals surface area (Å²) in [6.45, 7) is 0. The molecule has 2 N–H and O–H groups in total. The van der Waals surface area contributed by atoms with Gasteiger partial charge in [0.1, 0.15) is 11.4 Å². The molecule has 0 fully saturated rings. The second kappa shape index (κ2) is 8.72. The zero-order valence-corrected chi connectivity index (χ0v) is 19.3. The number of aromatic nitrogens is 2. The molecule has 0 bridgehead atoms. The molecule has 0 saturated heterocycles. The normalized spacial score (nSPS) is 11.3. The number of rotatable bonds is 5. The summed E-state index contributed by atoms with van der Waals surface area (Å²) in [5.41, 5.74) is 4.50. The minimum atomic E-state index is -0.507. The van der Waals surface area contributed by atoms with Gasteiger partial charge in [-0.1, -0.05) is 60.1 Å². The number of para-hydroxylation sites is 2. The van der Waals surface area contributed by atoms with E-state index in [0.717, 1.165) is 27.4 Å². The van der Waals surface area contributed by atoms with Crippen LogP contribution in [0.15, 0.2) is 72.8 Å². The van der Waals surface area contributed by atoms with Crippen LogP contribution in [0.4, 0.5) is 0 Å². The van der Waals surface area contributed by atoms with Crippen molar-refractivity contribution in [2.45, 2.75) is 5.92 Å². The lowest BCUT2D eigenvalue weighted by atomic mass is 9.82. The van der Waals surface area contributed by atoms with Crippen molar-refractivity contribution in [2.24, 2.45) is 0 Å². The van der Waals surface area contributed by atoms with E-state index < -0.39 is 17.9 Å². The van der Waals surface area contributed by atoms with Crippen molar-refractivity contribution < 1.29 is 19.1 Å². The van der Waals surface area contributed by atoms with Crippen molar-refractivity contribution in [2.75, 3.05) is 14.2 Å². The molecular formula is C27H21ClN2O4. The maximum atomic E-state index is 12.9. The number of nitrogens with one attached hydrogen (secondary N) is 2. The third kappa shape index (κ3) is 3.53. The average molecular weight is 473 g/mol. The molecule has 5 aromatic rings. The summed E-state index contributed by atoms with van der Waals surface area (Å²) < 4.78 is 10.2. The minimum Gasteiger partial charge on any atom is -0.464 e. The van der Waals surface area contributed by atoms with Crippen molar-refractivity contribution in [3.63, 3.8) is 0 Å². The molecule has 0 aliphatic carbocycles. The van der Waals surface area contributed by atoms with Crippen molar-refractivity contribution in [1.29, 1.82) is 0 Å². The Labute approximate surface area is 200 Å².